The van der Waals surface area contributed by atoms with Crippen molar-refractivity contribution in [3.8, 4) is 0 Å². The maximum atomic E-state index is 15.2. The highest BCUT2D eigenvalue weighted by atomic mass is 35.6. The number of methoxy groups -OCH3 is 2. The number of carbonyl (C=O) groups excluding carboxylic acids is 4. The number of alkyl halides is 3. The Morgan fingerprint density at radius 1 is 1.02 bits per heavy atom. The van der Waals surface area contributed by atoms with Crippen molar-refractivity contribution in [2.45, 2.75) is 45.3 Å². The van der Waals surface area contributed by atoms with Gasteiger partial charge in [-0.1, -0.05) is 96.0 Å². The lowest BCUT2D eigenvalue weighted by Crippen LogP contribution is -2.58. The van der Waals surface area contributed by atoms with Gasteiger partial charge in [0.1, 0.15) is 30.8 Å². The number of sulfonamides is 1. The van der Waals surface area contributed by atoms with Crippen LogP contribution in [-0.4, -0.2) is 96.4 Å². The second kappa shape index (κ2) is 16.4. The number of nitrogens with one attached hydrogen (secondary N) is 1. The maximum absolute atomic E-state index is 15.2. The molecule has 2 amide bonds. The zero-order valence-electron chi connectivity index (χ0n) is 30.6. The SMILES string of the molecule is C=CCOC(=O)N[C@@H](Cc1cc2ccccc2n1[C@]12C[C@@H](C(=O)OC)N(C(=O)OCC(Cl)(Cl)Cl)[C@H]1N(S(=O)(=O)c1ccccc1[N+](=O)[O-])c1ccccc12)C(=O)OC. The average molecular weight is 879 g/mol. The molecule has 0 bridgehead atoms. The lowest BCUT2D eigenvalue weighted by atomic mass is 9.85. The number of fused-ring (bicyclic) bond motifs is 4. The highest BCUT2D eigenvalue weighted by Gasteiger charge is 2.68. The quantitative estimate of drug-likeness (QED) is 0.0463. The Hall–Kier alpha value is -5.56. The molecule has 0 radical (unpaired) electrons. The fourth-order valence-corrected chi connectivity index (χ4v) is 9.60. The number of carbonyl (C=O) groups is 4. The standard InChI is InChI=1S/C37H34Cl3N5O12S/c1-4-17-56-34(48)41-25(31(46)54-2)19-23-18-22-11-5-7-13-26(22)43(23)36-20-29(32(47)55-3)42(35(49)57-21-37(38,39)40)33(36)44(27-14-8-6-12-24(27)36)58(52,53)30-16-10-9-15-28(30)45(50)51/h4-16,18,25,29,33H,1,17,19-21H2,2-3H3,(H,41,48)/t25-,29-,33-,36-/m0/s1. The van der Waals surface area contributed by atoms with E-state index < -0.39 is 90.3 Å². The first kappa shape index (κ1) is 42.1. The minimum absolute atomic E-state index is 0.0208. The number of rotatable bonds is 12. The molecule has 21 heteroatoms. The second-order valence-electron chi connectivity index (χ2n) is 13.0. The number of aromatic nitrogens is 1. The molecule has 4 aromatic rings. The molecule has 17 nitrogen and oxygen atoms in total. The number of esters is 2. The fourth-order valence-electron chi connectivity index (χ4n) is 7.61. The van der Waals surface area contributed by atoms with Crippen LogP contribution in [-0.2, 0) is 50.5 Å². The Labute approximate surface area is 346 Å². The summed E-state index contributed by atoms with van der Waals surface area (Å²) in [7, 11) is -2.88. The van der Waals surface area contributed by atoms with Crippen LogP contribution in [0.1, 0.15) is 17.7 Å². The molecule has 4 atom stereocenters. The minimum atomic E-state index is -5.07. The fraction of sp³-hybridized carbons (Fsp3) is 0.297. The number of alkyl carbamates (subject to hydrolysis) is 1. The van der Waals surface area contributed by atoms with Crippen molar-refractivity contribution in [1.29, 1.82) is 0 Å². The smallest absolute Gasteiger partial charge is 0.412 e. The summed E-state index contributed by atoms with van der Waals surface area (Å²) in [6, 6.07) is 16.4. The van der Waals surface area contributed by atoms with Gasteiger partial charge < -0.3 is 28.8 Å². The highest BCUT2D eigenvalue weighted by Crippen LogP contribution is 2.58. The van der Waals surface area contributed by atoms with Crippen molar-refractivity contribution < 1.29 is 51.5 Å². The summed E-state index contributed by atoms with van der Waals surface area (Å²) in [5.41, 5.74) is -1.66. The number of ether oxygens (including phenoxy) is 4. The molecule has 0 aliphatic carbocycles. The van der Waals surface area contributed by atoms with E-state index in [0.29, 0.717) is 10.9 Å². The maximum Gasteiger partial charge on any atom is 0.412 e. The number of likely N-dealkylation sites (tertiary alicyclic amines) is 1. The van der Waals surface area contributed by atoms with Crippen LogP contribution in [0.3, 0.4) is 0 Å². The Balaban J connectivity index is 1.70. The van der Waals surface area contributed by atoms with Crippen molar-refractivity contribution in [2.24, 2.45) is 0 Å². The van der Waals surface area contributed by atoms with E-state index in [9.17, 15) is 29.3 Å². The Bertz CT molecular complexity index is 2420. The minimum Gasteiger partial charge on any atom is -0.467 e. The van der Waals surface area contributed by atoms with Gasteiger partial charge in [0.15, 0.2) is 11.1 Å². The number of anilines is 1. The Morgan fingerprint density at radius 3 is 2.36 bits per heavy atom. The lowest BCUT2D eigenvalue weighted by Gasteiger charge is -2.39. The highest BCUT2D eigenvalue weighted by molar-refractivity contribution is 7.93. The number of nitro benzene ring substituents is 1. The normalized spacial score (nSPS) is 19.1. The van der Waals surface area contributed by atoms with Gasteiger partial charge in [0, 0.05) is 35.7 Å². The van der Waals surface area contributed by atoms with E-state index in [0.717, 1.165) is 35.6 Å². The first-order valence-electron chi connectivity index (χ1n) is 17.2. The van der Waals surface area contributed by atoms with Gasteiger partial charge in [0.2, 0.25) is 3.79 Å². The van der Waals surface area contributed by atoms with Gasteiger partial charge in [-0.05, 0) is 29.7 Å². The van der Waals surface area contributed by atoms with Gasteiger partial charge in [0.05, 0.1) is 24.8 Å². The molecule has 2 aliphatic rings. The third-order valence-corrected chi connectivity index (χ3v) is 11.9. The number of amides is 2. The summed E-state index contributed by atoms with van der Waals surface area (Å²) in [4.78, 5) is 65.9. The van der Waals surface area contributed by atoms with E-state index in [1.54, 1.807) is 47.0 Å². The largest absolute Gasteiger partial charge is 0.467 e. The third-order valence-electron chi connectivity index (χ3n) is 9.71. The molecule has 1 fully saturated rings. The van der Waals surface area contributed by atoms with E-state index in [-0.39, 0.29) is 30.0 Å². The van der Waals surface area contributed by atoms with Gasteiger partial charge in [-0.2, -0.15) is 0 Å². The molecule has 3 aromatic carbocycles. The van der Waals surface area contributed by atoms with Crippen LogP contribution in [0, 0.1) is 10.1 Å². The van der Waals surface area contributed by atoms with Crippen molar-refractivity contribution in [1.82, 2.24) is 14.8 Å². The van der Waals surface area contributed by atoms with Crippen molar-refractivity contribution in [3.63, 3.8) is 0 Å². The predicted molar refractivity (Wildman–Crippen MR) is 210 cm³/mol. The van der Waals surface area contributed by atoms with E-state index in [4.69, 9.17) is 53.8 Å². The summed E-state index contributed by atoms with van der Waals surface area (Å²) < 4.78 is 51.5. The molecule has 306 valence electrons. The number of para-hydroxylation sites is 3. The zero-order valence-corrected chi connectivity index (χ0v) is 33.7. The van der Waals surface area contributed by atoms with Crippen LogP contribution in [0.25, 0.3) is 10.9 Å². The second-order valence-corrected chi connectivity index (χ2v) is 17.3. The van der Waals surface area contributed by atoms with E-state index in [1.807, 2.05) is 0 Å². The predicted octanol–water partition coefficient (Wildman–Crippen LogP) is 5.58. The molecule has 1 N–H and O–H groups in total. The summed E-state index contributed by atoms with van der Waals surface area (Å²) >= 11 is 17.9. The van der Waals surface area contributed by atoms with Gasteiger partial charge in [-0.3, -0.25) is 15.0 Å². The molecule has 6 rings (SSSR count). The summed E-state index contributed by atoms with van der Waals surface area (Å²) in [5.74, 6) is -1.86. The molecule has 2 aliphatic heterocycles. The molecule has 0 saturated carbocycles. The number of hydrogen-bond donors (Lipinski definition) is 1. The van der Waals surface area contributed by atoms with Crippen LogP contribution >= 0.6 is 34.8 Å². The molecular formula is C37H34Cl3N5O12S. The summed E-state index contributed by atoms with van der Waals surface area (Å²) in [6.45, 7) is 2.50. The topological polar surface area (TPSA) is 206 Å². The number of benzene rings is 3. The lowest BCUT2D eigenvalue weighted by molar-refractivity contribution is -0.387. The molecule has 58 heavy (non-hydrogen) atoms. The van der Waals surface area contributed by atoms with Gasteiger partial charge in [-0.15, -0.1) is 0 Å². The average Bonchev–Trinajstić information content (AvgIpc) is 3.83. The number of halogens is 3. The van der Waals surface area contributed by atoms with Crippen LogP contribution in [0.2, 0.25) is 0 Å². The number of hydrogen-bond acceptors (Lipinski definition) is 12. The number of nitro groups is 1. The molecular weight excluding hydrogens is 845 g/mol. The van der Waals surface area contributed by atoms with Crippen LogP contribution in [0.15, 0.2) is 96.4 Å². The Kier molecular flexibility index (Phi) is 11.9. The van der Waals surface area contributed by atoms with Crippen LogP contribution < -0.4 is 9.62 Å². The number of nitrogens with zero attached hydrogens (tertiary/aromatic N) is 4. The van der Waals surface area contributed by atoms with Crippen molar-refractivity contribution in [2.75, 3.05) is 31.7 Å². The van der Waals surface area contributed by atoms with Gasteiger partial charge in [0.25, 0.3) is 15.7 Å². The van der Waals surface area contributed by atoms with Crippen molar-refractivity contribution >= 4 is 91.2 Å². The Morgan fingerprint density at radius 2 is 1.69 bits per heavy atom. The van der Waals surface area contributed by atoms with Crippen molar-refractivity contribution in [3.05, 3.63) is 113 Å². The van der Waals surface area contributed by atoms with Gasteiger partial charge in [-0.25, -0.2) is 31.9 Å². The van der Waals surface area contributed by atoms with Gasteiger partial charge >= 0.3 is 24.1 Å². The molecule has 1 aromatic heterocycles. The van der Waals surface area contributed by atoms with E-state index in [1.165, 1.54) is 30.3 Å². The molecule has 0 spiro atoms. The third kappa shape index (κ3) is 7.47. The van der Waals surface area contributed by atoms with Crippen LogP contribution in [0.4, 0.5) is 21.0 Å². The van der Waals surface area contributed by atoms with Crippen LogP contribution in [0.5, 0.6) is 0 Å². The summed E-state index contributed by atoms with van der Waals surface area (Å²) in [6.07, 6.45) is -3.46. The first-order valence-corrected chi connectivity index (χ1v) is 19.8. The monoisotopic (exact) mass is 877 g/mol. The van der Waals surface area contributed by atoms with E-state index in [2.05, 4.69) is 11.9 Å². The molecule has 1 saturated heterocycles. The van der Waals surface area contributed by atoms with E-state index >= 15 is 8.42 Å². The summed E-state index contributed by atoms with van der Waals surface area (Å²) in [5, 5.41) is 15.4. The molecule has 3 heterocycles. The molecule has 0 unspecified atom stereocenters. The first-order chi connectivity index (χ1) is 27.5. The zero-order chi connectivity index (χ0) is 42.2.